The Hall–Kier alpha value is -2.84. The molecule has 34 heavy (non-hydrogen) atoms. The molecule has 2 aromatic rings. The van der Waals surface area contributed by atoms with Crippen LogP contribution < -0.4 is 5.32 Å². The third-order valence-corrected chi connectivity index (χ3v) is 7.62. The lowest BCUT2D eigenvalue weighted by molar-refractivity contribution is -0.132. The molecule has 1 aromatic carbocycles. The molecule has 8 heteroatoms. The topological polar surface area (TPSA) is 88.9 Å². The number of benzene rings is 1. The Morgan fingerprint density at radius 3 is 2.65 bits per heavy atom. The summed E-state index contributed by atoms with van der Waals surface area (Å²) >= 11 is 3.62. The highest BCUT2D eigenvalue weighted by Gasteiger charge is 2.39. The number of hydrogen-bond acceptors (Lipinski definition) is 6. The van der Waals surface area contributed by atoms with Gasteiger partial charge in [0.15, 0.2) is 0 Å². The second-order valence-electron chi connectivity index (χ2n) is 9.15. The van der Waals surface area contributed by atoms with Gasteiger partial charge >= 0.3 is 0 Å². The lowest BCUT2D eigenvalue weighted by Gasteiger charge is -2.43. The molecule has 1 aliphatic carbocycles. The van der Waals surface area contributed by atoms with Gasteiger partial charge in [-0.15, -0.1) is 0 Å². The third kappa shape index (κ3) is 4.70. The maximum Gasteiger partial charge on any atom is 0.227 e. The molecule has 0 saturated carbocycles. The number of carbonyl (C=O) groups excluding carboxylic acids is 1. The molecule has 0 radical (unpaired) electrons. The zero-order chi connectivity index (χ0) is 23.7. The zero-order valence-electron chi connectivity index (χ0n) is 19.0. The van der Waals surface area contributed by atoms with Crippen LogP contribution in [0.5, 0.6) is 11.5 Å². The highest BCUT2D eigenvalue weighted by atomic mass is 79.9. The number of hydrogen-bond donors (Lipinski definition) is 3. The summed E-state index contributed by atoms with van der Waals surface area (Å²) < 4.78 is 1.09. The summed E-state index contributed by atoms with van der Waals surface area (Å²) in [7, 11) is 0. The van der Waals surface area contributed by atoms with E-state index in [1.54, 1.807) is 18.5 Å². The molecule has 0 bridgehead atoms. The van der Waals surface area contributed by atoms with Crippen LogP contribution >= 0.6 is 15.9 Å². The number of nitrogens with one attached hydrogen (secondary N) is 1. The van der Waals surface area contributed by atoms with E-state index in [0.29, 0.717) is 32.6 Å². The van der Waals surface area contributed by atoms with Crippen LogP contribution in [0.3, 0.4) is 0 Å². The predicted octanol–water partition coefficient (Wildman–Crippen LogP) is 3.39. The van der Waals surface area contributed by atoms with Crippen LogP contribution in [-0.4, -0.2) is 63.1 Å². The molecule has 2 atom stereocenters. The second-order valence-corrected chi connectivity index (χ2v) is 10.2. The van der Waals surface area contributed by atoms with E-state index in [1.165, 1.54) is 11.6 Å². The number of halogens is 1. The van der Waals surface area contributed by atoms with Gasteiger partial charge in [-0.25, -0.2) is 0 Å². The van der Waals surface area contributed by atoms with Crippen molar-refractivity contribution in [1.29, 1.82) is 0 Å². The van der Waals surface area contributed by atoms with E-state index in [-0.39, 0.29) is 29.5 Å². The van der Waals surface area contributed by atoms with Crippen molar-refractivity contribution in [3.63, 3.8) is 0 Å². The number of aromatic hydroxyl groups is 2. The molecule has 1 amide bonds. The van der Waals surface area contributed by atoms with Crippen LogP contribution in [-0.2, 0) is 17.6 Å². The van der Waals surface area contributed by atoms with Crippen molar-refractivity contribution >= 4 is 21.8 Å². The molecule has 2 aliphatic heterocycles. The average Bonchev–Trinajstić information content (AvgIpc) is 3.11. The van der Waals surface area contributed by atoms with Crippen molar-refractivity contribution in [2.45, 2.75) is 37.8 Å². The number of allylic oxidation sites excluding steroid dienone is 2. The van der Waals surface area contributed by atoms with E-state index in [4.69, 9.17) is 0 Å². The van der Waals surface area contributed by atoms with Gasteiger partial charge < -0.3 is 20.4 Å². The smallest absolute Gasteiger partial charge is 0.227 e. The number of fused-ring (bicyclic) bond motifs is 2. The molecule has 5 rings (SSSR count). The number of rotatable bonds is 3. The number of phenolic OH excluding ortho intramolecular Hbond substituents is 2. The number of piperazine rings is 1. The number of nitrogens with zero attached hydrogens (tertiary/aromatic N) is 3. The largest absolute Gasteiger partial charge is 0.508 e. The van der Waals surface area contributed by atoms with E-state index in [1.807, 2.05) is 23.2 Å². The summed E-state index contributed by atoms with van der Waals surface area (Å²) in [5.41, 5.74) is 4.14. The molecule has 3 aliphatic rings. The van der Waals surface area contributed by atoms with Crippen LogP contribution in [0.4, 0.5) is 0 Å². The first kappa shape index (κ1) is 22.9. The number of aryl methyl sites for hydroxylation is 1. The van der Waals surface area contributed by atoms with Gasteiger partial charge in [-0.2, -0.15) is 0 Å². The summed E-state index contributed by atoms with van der Waals surface area (Å²) in [6.07, 6.45) is 10.6. The number of aromatic nitrogens is 1. The van der Waals surface area contributed by atoms with Gasteiger partial charge in [-0.3, -0.25) is 14.7 Å². The van der Waals surface area contributed by atoms with Gasteiger partial charge in [0.1, 0.15) is 11.5 Å². The van der Waals surface area contributed by atoms with Crippen LogP contribution in [0.15, 0.2) is 59.0 Å². The van der Waals surface area contributed by atoms with Gasteiger partial charge in [0, 0.05) is 60.9 Å². The average molecular weight is 525 g/mol. The van der Waals surface area contributed by atoms with Crippen LogP contribution in [0.25, 0.3) is 0 Å². The first-order valence-electron chi connectivity index (χ1n) is 11.7. The van der Waals surface area contributed by atoms with Crippen LogP contribution in [0.1, 0.15) is 35.6 Å². The normalized spacial score (nSPS) is 22.9. The fourth-order valence-electron chi connectivity index (χ4n) is 5.36. The standard InChI is InChI=1S/C26H29BrN4O3/c27-20-4-3-18-1-2-19-14-21(32)15-22(33)24(19)26(25(18)29-16-20)31-11-9-30(10-12-31)23(34)13-17-5-7-28-8-6-17/h3,5-8,14-16,25-26,29,32-33H,1-2,4,9-13H2. The van der Waals surface area contributed by atoms with Gasteiger partial charge in [-0.1, -0.05) is 22.0 Å². The van der Waals surface area contributed by atoms with E-state index >= 15 is 0 Å². The Balaban J connectivity index is 1.40. The predicted molar refractivity (Wildman–Crippen MR) is 134 cm³/mol. The number of phenols is 2. The van der Waals surface area contributed by atoms with E-state index in [9.17, 15) is 15.0 Å². The molecule has 3 N–H and O–H groups in total. The van der Waals surface area contributed by atoms with Crippen molar-refractivity contribution in [3.05, 3.63) is 75.7 Å². The molecule has 7 nitrogen and oxygen atoms in total. The Kier molecular flexibility index (Phi) is 6.61. The SMILES string of the molecule is O=C(Cc1ccncc1)N1CCN(C2c3c(O)cc(O)cc3CCC3=CCC(Br)=CNC32)CC1. The van der Waals surface area contributed by atoms with Gasteiger partial charge in [0.05, 0.1) is 18.5 Å². The minimum absolute atomic E-state index is 0.00538. The van der Waals surface area contributed by atoms with Gasteiger partial charge in [0.25, 0.3) is 0 Å². The van der Waals surface area contributed by atoms with Crippen LogP contribution in [0.2, 0.25) is 0 Å². The van der Waals surface area contributed by atoms with Gasteiger partial charge in [0.2, 0.25) is 5.91 Å². The lowest BCUT2D eigenvalue weighted by atomic mass is 9.91. The van der Waals surface area contributed by atoms with Crippen molar-refractivity contribution in [3.8, 4) is 11.5 Å². The first-order chi connectivity index (χ1) is 16.5. The fourth-order valence-corrected chi connectivity index (χ4v) is 5.65. The molecule has 178 valence electrons. The van der Waals surface area contributed by atoms with E-state index < -0.39 is 0 Å². The number of carbonyl (C=O) groups is 1. The van der Waals surface area contributed by atoms with E-state index in [2.05, 4.69) is 37.2 Å². The number of pyridine rings is 1. The van der Waals surface area contributed by atoms with E-state index in [0.717, 1.165) is 40.4 Å². The quantitative estimate of drug-likeness (QED) is 0.533. The molecular weight excluding hydrogens is 496 g/mol. The van der Waals surface area contributed by atoms with Crippen LogP contribution in [0, 0.1) is 0 Å². The highest BCUT2D eigenvalue weighted by Crippen LogP contribution is 2.43. The van der Waals surface area contributed by atoms with Crippen molar-refractivity contribution in [1.82, 2.24) is 20.1 Å². The molecule has 3 heterocycles. The third-order valence-electron chi connectivity index (χ3n) is 7.07. The fraction of sp³-hybridized carbons (Fsp3) is 0.385. The van der Waals surface area contributed by atoms with Gasteiger partial charge in [-0.05, 0) is 54.2 Å². The zero-order valence-corrected chi connectivity index (χ0v) is 20.5. The number of amides is 1. The Morgan fingerprint density at radius 1 is 1.12 bits per heavy atom. The lowest BCUT2D eigenvalue weighted by Crippen LogP contribution is -2.53. The highest BCUT2D eigenvalue weighted by molar-refractivity contribution is 9.11. The summed E-state index contributed by atoms with van der Waals surface area (Å²) in [6.45, 7) is 2.70. The molecular formula is C26H29BrN4O3. The molecule has 1 aromatic heterocycles. The Morgan fingerprint density at radius 2 is 1.88 bits per heavy atom. The van der Waals surface area contributed by atoms with Crippen molar-refractivity contribution in [2.24, 2.45) is 0 Å². The minimum atomic E-state index is -0.101. The maximum absolute atomic E-state index is 12.9. The summed E-state index contributed by atoms with van der Waals surface area (Å²) in [5.74, 6) is 0.347. The summed E-state index contributed by atoms with van der Waals surface area (Å²) in [5, 5.41) is 24.7. The molecule has 0 spiro atoms. The summed E-state index contributed by atoms with van der Waals surface area (Å²) in [6, 6.07) is 6.89. The minimum Gasteiger partial charge on any atom is -0.508 e. The molecule has 1 saturated heterocycles. The van der Waals surface area contributed by atoms with Crippen molar-refractivity contribution in [2.75, 3.05) is 26.2 Å². The van der Waals surface area contributed by atoms with Crippen molar-refractivity contribution < 1.29 is 15.0 Å². The Labute approximate surface area is 207 Å². The molecule has 2 unspecified atom stereocenters. The Bertz CT molecular complexity index is 1130. The summed E-state index contributed by atoms with van der Waals surface area (Å²) in [4.78, 5) is 21.2. The maximum atomic E-state index is 12.9. The monoisotopic (exact) mass is 524 g/mol. The second kappa shape index (κ2) is 9.80. The molecule has 1 fully saturated rings. The first-order valence-corrected chi connectivity index (χ1v) is 12.5.